The van der Waals surface area contributed by atoms with Crippen LogP contribution in [0.4, 0.5) is 5.69 Å². The fraction of sp³-hybridized carbons (Fsp3) is 0. The highest BCUT2D eigenvalue weighted by atomic mass is 32.1. The number of anilines is 1. The zero-order valence-corrected chi connectivity index (χ0v) is 8.60. The van der Waals surface area contributed by atoms with Gasteiger partial charge in [-0.3, -0.25) is 4.79 Å². The largest absolute Gasteiger partial charge is 0.376 e. The van der Waals surface area contributed by atoms with E-state index in [1.54, 1.807) is 12.1 Å². The number of H-pyrrole nitrogens is 1. The van der Waals surface area contributed by atoms with Crippen LogP contribution in [0.3, 0.4) is 0 Å². The van der Waals surface area contributed by atoms with Crippen molar-refractivity contribution in [1.29, 1.82) is 0 Å². The van der Waals surface area contributed by atoms with Gasteiger partial charge in [-0.05, 0) is 35.8 Å². The van der Waals surface area contributed by atoms with Gasteiger partial charge in [0, 0.05) is 11.8 Å². The van der Waals surface area contributed by atoms with Crippen LogP contribution in [0.1, 0.15) is 0 Å². The second-order valence-electron chi connectivity index (χ2n) is 3.11. The van der Waals surface area contributed by atoms with Gasteiger partial charge in [0.2, 0.25) is 5.56 Å². The van der Waals surface area contributed by atoms with Crippen molar-refractivity contribution >= 4 is 33.9 Å². The molecule has 1 aromatic carbocycles. The molecule has 0 bridgehead atoms. The van der Waals surface area contributed by atoms with E-state index in [0.717, 1.165) is 16.6 Å². The number of hydrogen-bond donors (Lipinski definition) is 3. The Morgan fingerprint density at radius 3 is 2.80 bits per heavy atom. The smallest absolute Gasteiger partial charge is 0.248 e. The van der Waals surface area contributed by atoms with Gasteiger partial charge in [0.25, 0.3) is 0 Å². The maximum absolute atomic E-state index is 11.1. The molecule has 0 radical (unpaired) electrons. The SMILES string of the molecule is NC(=S)Nc1ccc2ccc(=O)[nH]c2c1. The molecule has 2 aromatic rings. The Hall–Kier alpha value is -1.88. The highest BCUT2D eigenvalue weighted by molar-refractivity contribution is 7.80. The van der Waals surface area contributed by atoms with Gasteiger partial charge in [0.05, 0.1) is 5.52 Å². The Morgan fingerprint density at radius 2 is 2.07 bits per heavy atom. The summed E-state index contributed by atoms with van der Waals surface area (Å²) in [4.78, 5) is 13.8. The molecule has 1 aromatic heterocycles. The van der Waals surface area contributed by atoms with E-state index in [1.807, 2.05) is 12.1 Å². The molecular weight excluding hydrogens is 210 g/mol. The fourth-order valence-corrected chi connectivity index (χ4v) is 1.49. The van der Waals surface area contributed by atoms with E-state index in [9.17, 15) is 4.79 Å². The molecule has 0 saturated heterocycles. The lowest BCUT2D eigenvalue weighted by molar-refractivity contribution is 1.31. The molecule has 5 heteroatoms. The summed E-state index contributed by atoms with van der Waals surface area (Å²) in [6.07, 6.45) is 0. The molecule has 0 saturated carbocycles. The maximum Gasteiger partial charge on any atom is 0.248 e. The molecule has 0 spiro atoms. The average Bonchev–Trinajstić information content (AvgIpc) is 2.16. The minimum absolute atomic E-state index is 0.130. The van der Waals surface area contributed by atoms with Crippen molar-refractivity contribution in [3.63, 3.8) is 0 Å². The van der Waals surface area contributed by atoms with Crippen LogP contribution in [-0.4, -0.2) is 10.1 Å². The third-order valence-electron chi connectivity index (χ3n) is 1.99. The molecule has 0 unspecified atom stereocenters. The summed E-state index contributed by atoms with van der Waals surface area (Å²) in [5, 5.41) is 3.97. The highest BCUT2D eigenvalue weighted by Gasteiger charge is 1.97. The van der Waals surface area contributed by atoms with Crippen LogP contribution in [0.5, 0.6) is 0 Å². The van der Waals surface area contributed by atoms with E-state index in [4.69, 9.17) is 18.0 Å². The van der Waals surface area contributed by atoms with Crippen molar-refractivity contribution in [2.45, 2.75) is 0 Å². The van der Waals surface area contributed by atoms with E-state index >= 15 is 0 Å². The van der Waals surface area contributed by atoms with E-state index in [-0.39, 0.29) is 10.7 Å². The first kappa shape index (κ1) is 9.67. The summed E-state index contributed by atoms with van der Waals surface area (Å²) in [5.74, 6) is 0. The quantitative estimate of drug-likeness (QED) is 0.630. The van der Waals surface area contributed by atoms with Gasteiger partial charge in [0.1, 0.15) is 0 Å². The summed E-state index contributed by atoms with van der Waals surface area (Å²) >= 11 is 4.72. The molecule has 4 N–H and O–H groups in total. The van der Waals surface area contributed by atoms with E-state index in [2.05, 4.69) is 10.3 Å². The highest BCUT2D eigenvalue weighted by Crippen LogP contribution is 2.15. The molecule has 0 aliphatic rings. The molecule has 0 aliphatic carbocycles. The molecule has 15 heavy (non-hydrogen) atoms. The zero-order valence-electron chi connectivity index (χ0n) is 7.78. The Labute approximate surface area is 91.1 Å². The van der Waals surface area contributed by atoms with Crippen LogP contribution in [0, 0.1) is 0 Å². The first-order valence-electron chi connectivity index (χ1n) is 4.35. The normalized spacial score (nSPS) is 10.1. The van der Waals surface area contributed by atoms with Gasteiger partial charge < -0.3 is 16.0 Å². The number of nitrogens with one attached hydrogen (secondary N) is 2. The minimum atomic E-state index is -0.130. The lowest BCUT2D eigenvalue weighted by Crippen LogP contribution is -2.18. The number of pyridine rings is 1. The van der Waals surface area contributed by atoms with Gasteiger partial charge >= 0.3 is 0 Å². The van der Waals surface area contributed by atoms with Crippen molar-refractivity contribution < 1.29 is 0 Å². The Bertz CT molecular complexity index is 576. The van der Waals surface area contributed by atoms with Gasteiger partial charge in [-0.2, -0.15) is 0 Å². The summed E-state index contributed by atoms with van der Waals surface area (Å²) in [6, 6.07) is 8.77. The molecule has 1 heterocycles. The molecule has 2 rings (SSSR count). The summed E-state index contributed by atoms with van der Waals surface area (Å²) in [7, 11) is 0. The number of fused-ring (bicyclic) bond motifs is 1. The fourth-order valence-electron chi connectivity index (χ4n) is 1.37. The summed E-state index contributed by atoms with van der Waals surface area (Å²) in [6.45, 7) is 0. The minimum Gasteiger partial charge on any atom is -0.376 e. The van der Waals surface area contributed by atoms with Crippen molar-refractivity contribution in [1.82, 2.24) is 4.98 Å². The number of thiocarbonyl (C=S) groups is 1. The van der Waals surface area contributed by atoms with Crippen molar-refractivity contribution in [3.05, 3.63) is 40.7 Å². The number of aromatic amines is 1. The van der Waals surface area contributed by atoms with Crippen molar-refractivity contribution in [2.75, 3.05) is 5.32 Å². The van der Waals surface area contributed by atoms with Crippen molar-refractivity contribution in [2.24, 2.45) is 5.73 Å². The third kappa shape index (κ3) is 2.13. The average molecular weight is 219 g/mol. The number of hydrogen-bond acceptors (Lipinski definition) is 2. The van der Waals surface area contributed by atoms with E-state index in [0.29, 0.717) is 0 Å². The Morgan fingerprint density at radius 1 is 1.33 bits per heavy atom. The first-order valence-corrected chi connectivity index (χ1v) is 4.75. The standard InChI is InChI=1S/C10H9N3OS/c11-10(15)12-7-3-1-6-2-4-9(14)13-8(6)5-7/h1-5H,(H,13,14)(H3,11,12,15). The predicted molar refractivity (Wildman–Crippen MR) is 65.0 cm³/mol. The predicted octanol–water partition coefficient (Wildman–Crippen LogP) is 1.18. The number of nitrogens with two attached hydrogens (primary N) is 1. The van der Waals surface area contributed by atoms with Crippen LogP contribution < -0.4 is 16.6 Å². The van der Waals surface area contributed by atoms with Gasteiger partial charge in [0.15, 0.2) is 5.11 Å². The molecule has 0 fully saturated rings. The molecular formula is C10H9N3OS. The molecule has 76 valence electrons. The molecule has 0 aliphatic heterocycles. The van der Waals surface area contributed by atoms with E-state index in [1.165, 1.54) is 6.07 Å². The van der Waals surface area contributed by atoms with Crippen molar-refractivity contribution in [3.8, 4) is 0 Å². The van der Waals surface area contributed by atoms with E-state index < -0.39 is 0 Å². The first-order chi connectivity index (χ1) is 7.15. The van der Waals surface area contributed by atoms with Crippen LogP contribution >= 0.6 is 12.2 Å². The molecule has 0 atom stereocenters. The second kappa shape index (κ2) is 3.70. The lowest BCUT2D eigenvalue weighted by Gasteiger charge is -2.04. The second-order valence-corrected chi connectivity index (χ2v) is 3.55. The molecule has 0 amide bonds. The Kier molecular flexibility index (Phi) is 2.39. The van der Waals surface area contributed by atoms with Crippen LogP contribution in [0.2, 0.25) is 0 Å². The van der Waals surface area contributed by atoms with Crippen LogP contribution in [0.15, 0.2) is 35.1 Å². The van der Waals surface area contributed by atoms with Crippen LogP contribution in [0.25, 0.3) is 10.9 Å². The number of aromatic nitrogens is 1. The molecule has 4 nitrogen and oxygen atoms in total. The maximum atomic E-state index is 11.1. The van der Waals surface area contributed by atoms with Gasteiger partial charge in [-0.25, -0.2) is 0 Å². The topological polar surface area (TPSA) is 70.9 Å². The monoisotopic (exact) mass is 219 g/mol. The summed E-state index contributed by atoms with van der Waals surface area (Å²) in [5.41, 5.74) is 6.73. The number of rotatable bonds is 1. The lowest BCUT2D eigenvalue weighted by atomic mass is 10.2. The zero-order chi connectivity index (χ0) is 10.8. The number of benzene rings is 1. The summed E-state index contributed by atoms with van der Waals surface area (Å²) < 4.78 is 0. The third-order valence-corrected chi connectivity index (χ3v) is 2.10. The van der Waals surface area contributed by atoms with Gasteiger partial charge in [-0.15, -0.1) is 0 Å². The van der Waals surface area contributed by atoms with Gasteiger partial charge in [-0.1, -0.05) is 6.07 Å². The Balaban J connectivity index is 2.54. The van der Waals surface area contributed by atoms with Crippen LogP contribution in [-0.2, 0) is 0 Å².